The molecule has 1 fully saturated rings. The van der Waals surface area contributed by atoms with Crippen LogP contribution < -0.4 is 16.4 Å². The number of alkyl carbamates (subject to hydrolysis) is 1. The van der Waals surface area contributed by atoms with Crippen LogP contribution in [0.25, 0.3) is 0 Å². The van der Waals surface area contributed by atoms with Gasteiger partial charge in [-0.1, -0.05) is 11.2 Å². The average Bonchev–Trinajstić information content (AvgIpc) is 3.20. The lowest BCUT2D eigenvalue weighted by atomic mass is 10.0. The van der Waals surface area contributed by atoms with Crippen molar-refractivity contribution in [2.45, 2.75) is 11.4 Å². The largest absolute Gasteiger partial charge is 0.477 e. The number of allylic oxidation sites excluding steroid dienone is 1. The number of nitrogens with one attached hydrogen (secondary N) is 2. The third-order valence-corrected chi connectivity index (χ3v) is 6.38. The van der Waals surface area contributed by atoms with Crippen LogP contribution in [0.2, 0.25) is 0 Å². The van der Waals surface area contributed by atoms with Crippen LogP contribution in [0.4, 0.5) is 9.93 Å². The Morgan fingerprint density at radius 1 is 1.47 bits per heavy atom. The van der Waals surface area contributed by atoms with Crippen molar-refractivity contribution >= 4 is 57.8 Å². The molecule has 3 rings (SSSR count). The molecule has 1 unspecified atom stereocenters. The van der Waals surface area contributed by atoms with Gasteiger partial charge in [0.15, 0.2) is 10.8 Å². The molecule has 1 aromatic heterocycles. The summed E-state index contributed by atoms with van der Waals surface area (Å²) in [5.74, 6) is -2.55. The Balaban J connectivity index is 1.72. The molecule has 0 aliphatic carbocycles. The number of ether oxygens (including phenoxy) is 1. The summed E-state index contributed by atoms with van der Waals surface area (Å²) in [6, 6.07) is -1.02. The number of fused-ring (bicyclic) bond motifs is 1. The average molecular weight is 483 g/mol. The summed E-state index contributed by atoms with van der Waals surface area (Å²) in [5, 5.41) is 27.4. The Hall–Kier alpha value is -3.59. The normalized spacial score (nSPS) is 20.6. The van der Waals surface area contributed by atoms with Crippen molar-refractivity contribution in [3.05, 3.63) is 34.5 Å². The van der Waals surface area contributed by atoms with Gasteiger partial charge in [0, 0.05) is 18.2 Å². The van der Waals surface area contributed by atoms with Crippen LogP contribution in [0, 0.1) is 0 Å². The molecule has 0 spiro atoms. The number of hydrogen-bond acceptors (Lipinski definition) is 11. The number of thioether (sulfide) groups is 1. The molecule has 2 aliphatic heterocycles. The van der Waals surface area contributed by atoms with E-state index in [2.05, 4.69) is 20.8 Å². The highest BCUT2D eigenvalue weighted by Gasteiger charge is 2.54. The molecule has 3 amide bonds. The lowest BCUT2D eigenvalue weighted by Crippen LogP contribution is -2.71. The number of nitrogens with zero attached hydrogens (tertiary/aromatic N) is 3. The highest BCUT2D eigenvalue weighted by atomic mass is 32.2. The van der Waals surface area contributed by atoms with Crippen molar-refractivity contribution in [2.75, 3.05) is 25.1 Å². The van der Waals surface area contributed by atoms with Crippen molar-refractivity contribution in [1.29, 1.82) is 0 Å². The monoisotopic (exact) mass is 482 g/mol. The van der Waals surface area contributed by atoms with Gasteiger partial charge >= 0.3 is 12.1 Å². The maximum Gasteiger partial charge on any atom is 0.407 e. The molecule has 0 bridgehead atoms. The minimum atomic E-state index is -1.31. The molecule has 2 atom stereocenters. The zero-order valence-corrected chi connectivity index (χ0v) is 18.1. The molecule has 3 heterocycles. The SMILES string of the molecule is CNC(=O)OC/C=C\C1=C(C(=O)O)N2C(=O)C(NC(=O)/C(=N\O)c3csc(N)n3)[C@@H]2SC1. The Kier molecular flexibility index (Phi) is 6.99. The molecular weight excluding hydrogens is 464 g/mol. The summed E-state index contributed by atoms with van der Waals surface area (Å²) in [6.07, 6.45) is 2.29. The molecule has 0 aromatic carbocycles. The molecule has 32 heavy (non-hydrogen) atoms. The van der Waals surface area contributed by atoms with E-state index in [4.69, 9.17) is 10.5 Å². The van der Waals surface area contributed by atoms with E-state index in [1.807, 2.05) is 0 Å². The first kappa shape index (κ1) is 23.1. The number of carbonyl (C=O) groups excluding carboxylic acids is 3. The van der Waals surface area contributed by atoms with Crippen molar-refractivity contribution < 1.29 is 34.2 Å². The van der Waals surface area contributed by atoms with Crippen LogP contribution in [0.5, 0.6) is 0 Å². The summed E-state index contributed by atoms with van der Waals surface area (Å²) < 4.78 is 4.81. The first-order valence-corrected chi connectivity index (χ1v) is 10.9. The maximum atomic E-state index is 12.7. The molecule has 0 radical (unpaired) electrons. The summed E-state index contributed by atoms with van der Waals surface area (Å²) in [7, 11) is 1.40. The number of anilines is 1. The Morgan fingerprint density at radius 2 is 2.22 bits per heavy atom. The van der Waals surface area contributed by atoms with E-state index in [0.717, 1.165) is 16.2 Å². The second-order valence-corrected chi connectivity index (χ2v) is 8.31. The number of β-lactam (4-membered cyclic amide) rings is 1. The van der Waals surface area contributed by atoms with Crippen LogP contribution in [-0.2, 0) is 19.1 Å². The van der Waals surface area contributed by atoms with Crippen LogP contribution in [-0.4, -0.2) is 80.6 Å². The third-order valence-electron chi connectivity index (χ3n) is 4.40. The first-order chi connectivity index (χ1) is 15.3. The molecule has 1 aromatic rings. The van der Waals surface area contributed by atoms with E-state index in [0.29, 0.717) is 5.57 Å². The van der Waals surface area contributed by atoms with Crippen LogP contribution in [0.3, 0.4) is 0 Å². The standard InChI is InChI=1S/C17H18N6O7S2/c1-19-17(28)30-4-2-3-7-5-31-14-10(13(25)23(14)11(7)15(26)27)21-12(24)9(22-29)8-6-32-16(18)20-8/h2-3,6,10,14,29H,4-5H2,1H3,(H2,18,20)(H,19,28)(H,21,24)(H,26,27)/b3-2-,22-9-/t10?,14-/m0/s1. The van der Waals surface area contributed by atoms with Crippen LogP contribution in [0.1, 0.15) is 5.69 Å². The lowest BCUT2D eigenvalue weighted by Gasteiger charge is -2.49. The number of carboxylic acids is 1. The van der Waals surface area contributed by atoms with E-state index < -0.39 is 41.0 Å². The van der Waals surface area contributed by atoms with Crippen LogP contribution >= 0.6 is 23.1 Å². The lowest BCUT2D eigenvalue weighted by molar-refractivity contribution is -0.150. The number of rotatable bonds is 7. The molecule has 6 N–H and O–H groups in total. The predicted molar refractivity (Wildman–Crippen MR) is 114 cm³/mol. The van der Waals surface area contributed by atoms with Crippen molar-refractivity contribution in [3.63, 3.8) is 0 Å². The quantitative estimate of drug-likeness (QED) is 0.147. The number of amides is 3. The van der Waals surface area contributed by atoms with E-state index in [9.17, 15) is 29.5 Å². The number of thiazole rings is 1. The van der Waals surface area contributed by atoms with Gasteiger partial charge in [0.25, 0.3) is 11.8 Å². The molecule has 13 nitrogen and oxygen atoms in total. The highest BCUT2D eigenvalue weighted by molar-refractivity contribution is 8.00. The number of nitrogen functional groups attached to an aromatic ring is 1. The second-order valence-electron chi connectivity index (χ2n) is 6.31. The smallest absolute Gasteiger partial charge is 0.407 e. The molecule has 2 aliphatic rings. The fourth-order valence-corrected chi connectivity index (χ4v) is 4.84. The predicted octanol–water partition coefficient (Wildman–Crippen LogP) is -0.446. The van der Waals surface area contributed by atoms with Gasteiger partial charge in [-0.15, -0.1) is 23.1 Å². The molecular formula is C17H18N6O7S2. The number of hydrogen-bond donors (Lipinski definition) is 5. The summed E-state index contributed by atoms with van der Waals surface area (Å²) in [6.45, 7) is -0.0821. The Labute approximate surface area is 189 Å². The van der Waals surface area contributed by atoms with E-state index in [1.54, 1.807) is 0 Å². The third kappa shape index (κ3) is 4.52. The minimum absolute atomic E-state index is 0.0462. The number of aliphatic carboxylic acids is 1. The number of oxime groups is 1. The zero-order valence-electron chi connectivity index (χ0n) is 16.5. The van der Waals surface area contributed by atoms with Gasteiger partial charge in [-0.3, -0.25) is 14.5 Å². The van der Waals surface area contributed by atoms with E-state index in [-0.39, 0.29) is 28.9 Å². The highest BCUT2D eigenvalue weighted by Crippen LogP contribution is 2.40. The topological polar surface area (TPSA) is 197 Å². The van der Waals surface area contributed by atoms with Crippen molar-refractivity contribution in [3.8, 4) is 0 Å². The molecule has 170 valence electrons. The van der Waals surface area contributed by atoms with Gasteiger partial charge in [0.1, 0.15) is 29.4 Å². The van der Waals surface area contributed by atoms with Crippen LogP contribution in [0.15, 0.2) is 34.0 Å². The van der Waals surface area contributed by atoms with Gasteiger partial charge in [0.05, 0.1) is 0 Å². The molecule has 0 saturated carbocycles. The minimum Gasteiger partial charge on any atom is -0.477 e. The van der Waals surface area contributed by atoms with Gasteiger partial charge < -0.3 is 31.4 Å². The zero-order chi connectivity index (χ0) is 23.4. The summed E-state index contributed by atoms with van der Waals surface area (Å²) >= 11 is 2.29. The van der Waals surface area contributed by atoms with Gasteiger partial charge in [-0.05, 0) is 11.6 Å². The van der Waals surface area contributed by atoms with E-state index in [1.165, 1.54) is 36.3 Å². The number of carboxylic acid groups (broad SMARTS) is 1. The second kappa shape index (κ2) is 9.69. The Morgan fingerprint density at radius 3 is 2.81 bits per heavy atom. The fourth-order valence-electron chi connectivity index (χ4n) is 2.98. The first-order valence-electron chi connectivity index (χ1n) is 8.95. The number of carbonyl (C=O) groups is 4. The number of nitrogens with two attached hydrogens (primary N) is 1. The van der Waals surface area contributed by atoms with Gasteiger partial charge in [-0.25, -0.2) is 14.6 Å². The Bertz CT molecular complexity index is 1050. The summed E-state index contributed by atoms with van der Waals surface area (Å²) in [4.78, 5) is 53.0. The maximum absolute atomic E-state index is 12.7. The van der Waals surface area contributed by atoms with Crippen molar-refractivity contribution in [1.82, 2.24) is 20.5 Å². The molecule has 1 saturated heterocycles. The molecule has 15 heteroatoms. The summed E-state index contributed by atoms with van der Waals surface area (Å²) in [5.41, 5.74) is 5.29. The van der Waals surface area contributed by atoms with Gasteiger partial charge in [0.2, 0.25) is 0 Å². The fraction of sp³-hybridized carbons (Fsp3) is 0.294. The van der Waals surface area contributed by atoms with Crippen molar-refractivity contribution in [2.24, 2.45) is 5.16 Å². The van der Waals surface area contributed by atoms with E-state index >= 15 is 0 Å². The van der Waals surface area contributed by atoms with Gasteiger partial charge in [-0.2, -0.15) is 0 Å². The number of aromatic nitrogens is 1.